The van der Waals surface area contributed by atoms with Crippen LogP contribution in [0.15, 0.2) is 16.7 Å². The highest BCUT2D eigenvalue weighted by molar-refractivity contribution is 9.10. The van der Waals surface area contributed by atoms with Crippen molar-refractivity contribution in [2.45, 2.75) is 38.7 Å². The van der Waals surface area contributed by atoms with Crippen molar-refractivity contribution in [3.8, 4) is 5.75 Å². The van der Waals surface area contributed by atoms with E-state index in [4.69, 9.17) is 4.74 Å². The van der Waals surface area contributed by atoms with Crippen LogP contribution < -0.4 is 4.74 Å². The highest BCUT2D eigenvalue weighted by Gasteiger charge is 2.24. The zero-order chi connectivity index (χ0) is 10.1. The van der Waals surface area contributed by atoms with Crippen molar-refractivity contribution in [2.24, 2.45) is 0 Å². The summed E-state index contributed by atoms with van der Waals surface area (Å²) >= 11 is 3.51. The Labute approximate surface area is 92.8 Å². The first kappa shape index (κ1) is 9.97. The van der Waals surface area contributed by atoms with Crippen LogP contribution in [0.4, 0.5) is 0 Å². The van der Waals surface area contributed by atoms with Gasteiger partial charge in [-0.1, -0.05) is 13.8 Å². The molecule has 1 saturated carbocycles. The van der Waals surface area contributed by atoms with Gasteiger partial charge in [0.05, 0.1) is 16.8 Å². The van der Waals surface area contributed by atoms with Gasteiger partial charge in [0, 0.05) is 5.69 Å². The lowest BCUT2D eigenvalue weighted by atomic mass is 10.1. The average molecular weight is 256 g/mol. The van der Waals surface area contributed by atoms with Crippen LogP contribution >= 0.6 is 15.9 Å². The number of ether oxygens (including phenoxy) is 1. The van der Waals surface area contributed by atoms with Gasteiger partial charge in [0.1, 0.15) is 0 Å². The molecule has 1 aromatic heterocycles. The molecule has 76 valence electrons. The molecular formula is C11H14BrNO. The van der Waals surface area contributed by atoms with E-state index in [0.717, 1.165) is 15.9 Å². The molecule has 0 aromatic carbocycles. The SMILES string of the molecule is CC(C)c1cc(Br)c(OC2CC2)cn1. The van der Waals surface area contributed by atoms with E-state index < -0.39 is 0 Å². The van der Waals surface area contributed by atoms with E-state index in [2.05, 4.69) is 34.8 Å². The lowest BCUT2D eigenvalue weighted by Gasteiger charge is -2.09. The topological polar surface area (TPSA) is 22.1 Å². The van der Waals surface area contributed by atoms with Gasteiger partial charge >= 0.3 is 0 Å². The van der Waals surface area contributed by atoms with Crippen molar-refractivity contribution in [2.75, 3.05) is 0 Å². The van der Waals surface area contributed by atoms with Gasteiger partial charge in [-0.25, -0.2) is 0 Å². The van der Waals surface area contributed by atoms with Crippen LogP contribution in [0, 0.1) is 0 Å². The van der Waals surface area contributed by atoms with Gasteiger partial charge in [-0.05, 0) is 40.8 Å². The third kappa shape index (κ3) is 2.27. The summed E-state index contributed by atoms with van der Waals surface area (Å²) in [5.74, 6) is 1.33. The zero-order valence-corrected chi connectivity index (χ0v) is 10.0. The van der Waals surface area contributed by atoms with Crippen LogP contribution in [-0.2, 0) is 0 Å². The second-order valence-electron chi connectivity index (χ2n) is 4.01. The van der Waals surface area contributed by atoms with Crippen LogP contribution in [0.5, 0.6) is 5.75 Å². The lowest BCUT2D eigenvalue weighted by Crippen LogP contribution is -1.99. The molecule has 0 unspecified atom stereocenters. The van der Waals surface area contributed by atoms with E-state index in [1.165, 1.54) is 12.8 Å². The fraction of sp³-hybridized carbons (Fsp3) is 0.545. The van der Waals surface area contributed by atoms with Crippen LogP contribution in [0.1, 0.15) is 38.3 Å². The molecule has 1 aliphatic rings. The molecule has 14 heavy (non-hydrogen) atoms. The van der Waals surface area contributed by atoms with Crippen LogP contribution in [0.25, 0.3) is 0 Å². The Morgan fingerprint density at radius 3 is 2.71 bits per heavy atom. The molecule has 2 rings (SSSR count). The summed E-state index contributed by atoms with van der Waals surface area (Å²) < 4.78 is 6.70. The Hall–Kier alpha value is -0.570. The summed E-state index contributed by atoms with van der Waals surface area (Å²) in [5, 5.41) is 0. The van der Waals surface area contributed by atoms with Crippen LogP contribution in [0.2, 0.25) is 0 Å². The second-order valence-corrected chi connectivity index (χ2v) is 4.87. The molecule has 1 heterocycles. The number of aromatic nitrogens is 1. The van der Waals surface area contributed by atoms with E-state index in [-0.39, 0.29) is 0 Å². The minimum absolute atomic E-state index is 0.429. The first-order chi connectivity index (χ1) is 6.66. The summed E-state index contributed by atoms with van der Waals surface area (Å²) in [7, 11) is 0. The largest absolute Gasteiger partial charge is 0.488 e. The lowest BCUT2D eigenvalue weighted by molar-refractivity contribution is 0.300. The molecule has 1 fully saturated rings. The third-order valence-corrected chi connectivity index (χ3v) is 2.87. The van der Waals surface area contributed by atoms with Gasteiger partial charge in [-0.15, -0.1) is 0 Å². The Balaban J connectivity index is 2.17. The van der Waals surface area contributed by atoms with Crippen molar-refractivity contribution < 1.29 is 4.74 Å². The maximum absolute atomic E-state index is 5.68. The van der Waals surface area contributed by atoms with Gasteiger partial charge < -0.3 is 4.74 Å². The number of hydrogen-bond acceptors (Lipinski definition) is 2. The molecule has 3 heteroatoms. The number of rotatable bonds is 3. The van der Waals surface area contributed by atoms with E-state index >= 15 is 0 Å². The maximum Gasteiger partial charge on any atom is 0.152 e. The van der Waals surface area contributed by atoms with Gasteiger partial charge in [-0.3, -0.25) is 4.98 Å². The molecule has 0 radical (unpaired) electrons. The van der Waals surface area contributed by atoms with E-state index in [1.807, 2.05) is 12.3 Å². The first-order valence-electron chi connectivity index (χ1n) is 4.99. The molecule has 0 atom stereocenters. The maximum atomic E-state index is 5.68. The Morgan fingerprint density at radius 1 is 1.50 bits per heavy atom. The summed E-state index contributed by atoms with van der Waals surface area (Å²) in [4.78, 5) is 4.36. The van der Waals surface area contributed by atoms with Gasteiger partial charge in [0.2, 0.25) is 0 Å². The standard InChI is InChI=1S/C11H14BrNO/c1-7(2)10-5-9(12)11(6-13-10)14-8-3-4-8/h5-8H,3-4H2,1-2H3. The van der Waals surface area contributed by atoms with Gasteiger partial charge in [0.15, 0.2) is 5.75 Å². The molecule has 0 bridgehead atoms. The fourth-order valence-electron chi connectivity index (χ4n) is 1.20. The minimum atomic E-state index is 0.429. The predicted octanol–water partition coefficient (Wildman–Crippen LogP) is 3.51. The van der Waals surface area contributed by atoms with Crippen molar-refractivity contribution in [3.05, 3.63) is 22.4 Å². The summed E-state index contributed by atoms with van der Waals surface area (Å²) in [6.45, 7) is 4.27. The first-order valence-corrected chi connectivity index (χ1v) is 5.78. The van der Waals surface area contributed by atoms with E-state index in [0.29, 0.717) is 12.0 Å². The smallest absolute Gasteiger partial charge is 0.152 e. The molecule has 0 spiro atoms. The van der Waals surface area contributed by atoms with Gasteiger partial charge in [-0.2, -0.15) is 0 Å². The number of nitrogens with zero attached hydrogens (tertiary/aromatic N) is 1. The molecule has 2 nitrogen and oxygen atoms in total. The molecular weight excluding hydrogens is 242 g/mol. The summed E-state index contributed by atoms with van der Waals surface area (Å²) in [6.07, 6.45) is 4.60. The highest BCUT2D eigenvalue weighted by atomic mass is 79.9. The van der Waals surface area contributed by atoms with E-state index in [1.54, 1.807) is 0 Å². The van der Waals surface area contributed by atoms with Crippen LogP contribution in [-0.4, -0.2) is 11.1 Å². The van der Waals surface area contributed by atoms with E-state index in [9.17, 15) is 0 Å². The average Bonchev–Trinajstić information content (AvgIpc) is 2.92. The second kappa shape index (κ2) is 3.89. The third-order valence-electron chi connectivity index (χ3n) is 2.25. The van der Waals surface area contributed by atoms with Crippen LogP contribution in [0.3, 0.4) is 0 Å². The Bertz CT molecular complexity index is 334. The fourth-order valence-corrected chi connectivity index (χ4v) is 1.63. The Kier molecular flexibility index (Phi) is 2.77. The molecule has 1 aliphatic carbocycles. The molecule has 0 aliphatic heterocycles. The number of halogens is 1. The molecule has 0 N–H and O–H groups in total. The van der Waals surface area contributed by atoms with Crippen molar-refractivity contribution in [3.63, 3.8) is 0 Å². The molecule has 0 amide bonds. The summed E-state index contributed by atoms with van der Waals surface area (Å²) in [6, 6.07) is 2.04. The Morgan fingerprint density at radius 2 is 2.21 bits per heavy atom. The minimum Gasteiger partial charge on any atom is -0.488 e. The normalized spacial score (nSPS) is 16.0. The van der Waals surface area contributed by atoms with Crippen molar-refractivity contribution in [1.82, 2.24) is 4.98 Å². The summed E-state index contributed by atoms with van der Waals surface area (Å²) in [5.41, 5.74) is 1.10. The predicted molar refractivity (Wildman–Crippen MR) is 59.7 cm³/mol. The number of hydrogen-bond donors (Lipinski definition) is 0. The molecule has 0 saturated heterocycles. The molecule has 1 aromatic rings. The number of pyridine rings is 1. The quantitative estimate of drug-likeness (QED) is 0.825. The van der Waals surface area contributed by atoms with Gasteiger partial charge in [0.25, 0.3) is 0 Å². The monoisotopic (exact) mass is 255 g/mol. The highest BCUT2D eigenvalue weighted by Crippen LogP contribution is 2.32. The zero-order valence-electron chi connectivity index (χ0n) is 8.46. The van der Waals surface area contributed by atoms with Crippen molar-refractivity contribution in [1.29, 1.82) is 0 Å². The van der Waals surface area contributed by atoms with Crippen molar-refractivity contribution >= 4 is 15.9 Å².